The number of aryl methyl sites for hydroxylation is 1. The van der Waals surface area contributed by atoms with E-state index in [1.807, 2.05) is 44.8 Å². The number of ether oxygens (including phenoxy) is 1. The zero-order valence-corrected chi connectivity index (χ0v) is 24.9. The van der Waals surface area contributed by atoms with E-state index in [1.54, 1.807) is 0 Å². The molecule has 184 valence electrons. The summed E-state index contributed by atoms with van der Waals surface area (Å²) in [6, 6.07) is 8.03. The van der Waals surface area contributed by atoms with Crippen LogP contribution in [0.25, 0.3) is 0 Å². The summed E-state index contributed by atoms with van der Waals surface area (Å²) in [5.74, 6) is 1.84. The molecular weight excluding hydrogens is 545 g/mol. The van der Waals surface area contributed by atoms with Gasteiger partial charge in [0.2, 0.25) is 0 Å². The van der Waals surface area contributed by atoms with E-state index in [0.29, 0.717) is 12.2 Å². The Kier molecular flexibility index (Phi) is 12.2. The molecule has 1 aromatic carbocycles. The number of thioether (sulfide) groups is 1. The van der Waals surface area contributed by atoms with Crippen LogP contribution >= 0.6 is 74.6 Å². The zero-order chi connectivity index (χ0) is 22.9. The molecule has 3 aliphatic rings. The highest BCUT2D eigenvalue weighted by molar-refractivity contribution is 9.26. The third-order valence-corrected chi connectivity index (χ3v) is 18.4. The normalized spacial score (nSPS) is 29.2. The molecule has 9 heteroatoms. The van der Waals surface area contributed by atoms with Crippen LogP contribution in [0.5, 0.6) is 5.75 Å². The minimum atomic E-state index is -0.163. The number of benzene rings is 1. The first-order valence-corrected chi connectivity index (χ1v) is 20.4. The van der Waals surface area contributed by atoms with Gasteiger partial charge in [0.15, 0.2) is 0 Å². The lowest BCUT2D eigenvalue weighted by Crippen LogP contribution is -2.21. The maximum atomic E-state index is 11.5. The predicted molar refractivity (Wildman–Crippen MR) is 160 cm³/mol. The van der Waals surface area contributed by atoms with Gasteiger partial charge in [0.05, 0.1) is 0 Å². The maximum absolute atomic E-state index is 11.5. The van der Waals surface area contributed by atoms with Crippen LogP contribution in [0.3, 0.4) is 0 Å². The van der Waals surface area contributed by atoms with Crippen molar-refractivity contribution in [3.05, 3.63) is 29.8 Å². The van der Waals surface area contributed by atoms with Crippen LogP contribution in [0.4, 0.5) is 0 Å². The van der Waals surface area contributed by atoms with Crippen molar-refractivity contribution in [2.24, 2.45) is 0 Å². The van der Waals surface area contributed by atoms with Gasteiger partial charge >= 0.3 is 5.97 Å². The van der Waals surface area contributed by atoms with Gasteiger partial charge in [0, 0.05) is 38.4 Å². The van der Waals surface area contributed by atoms with E-state index in [9.17, 15) is 4.79 Å². The highest BCUT2D eigenvalue weighted by Crippen LogP contribution is 2.59. The zero-order valence-electron chi connectivity index (χ0n) is 19.1. The number of esters is 1. The number of carbonyl (C=O) groups is 1. The fourth-order valence-corrected chi connectivity index (χ4v) is 17.4. The molecule has 1 aromatic rings. The average molecular weight is 579 g/mol. The Morgan fingerprint density at radius 1 is 1.00 bits per heavy atom. The number of hydrogen-bond acceptors (Lipinski definition) is 9. The second-order valence-electron chi connectivity index (χ2n) is 8.87. The molecule has 0 N–H and O–H groups in total. The maximum Gasteiger partial charge on any atom is 0.310 e. The van der Waals surface area contributed by atoms with Gasteiger partial charge in [-0.2, -0.15) is 11.8 Å². The van der Waals surface area contributed by atoms with Crippen molar-refractivity contribution in [3.8, 4) is 5.75 Å². The van der Waals surface area contributed by atoms with Gasteiger partial charge in [-0.05, 0) is 69.5 Å². The summed E-state index contributed by atoms with van der Waals surface area (Å²) < 4.78 is 5.33. The van der Waals surface area contributed by atoms with E-state index in [0.717, 1.165) is 32.7 Å². The largest absolute Gasteiger partial charge is 0.427 e. The van der Waals surface area contributed by atoms with Gasteiger partial charge in [0.25, 0.3) is 0 Å². The van der Waals surface area contributed by atoms with Crippen molar-refractivity contribution in [2.45, 2.75) is 97.4 Å². The molecule has 3 fully saturated rings. The molecule has 3 heterocycles. The van der Waals surface area contributed by atoms with E-state index < -0.39 is 0 Å². The number of hydrogen-bond donors (Lipinski definition) is 0. The Hall–Kier alpha value is 1.14. The summed E-state index contributed by atoms with van der Waals surface area (Å²) in [5.41, 5.74) is 1.27. The van der Waals surface area contributed by atoms with Crippen LogP contribution in [-0.2, 0) is 11.2 Å². The molecule has 3 aliphatic heterocycles. The molecule has 0 amide bonds. The average Bonchev–Trinajstić information content (AvgIpc) is 3.36. The molecule has 0 spiro atoms. The molecule has 2 bridgehead atoms. The Morgan fingerprint density at radius 3 is 2.79 bits per heavy atom. The summed E-state index contributed by atoms with van der Waals surface area (Å²) in [4.78, 5) is 11.5. The standard InChI is InChI=1S/C24H34O2S7/c1-2-24(25)26-18-11-8-10-17(13-18)9-6-4-3-5-7-12-20-21(28-20)15-23-22-14-19(29-30-22)16-27-32-33-31-23/h8,10-11,13,19-23H,2-7,9,12,14-16H2,1H3. The van der Waals surface area contributed by atoms with E-state index in [4.69, 9.17) is 4.74 Å². The van der Waals surface area contributed by atoms with Gasteiger partial charge < -0.3 is 4.74 Å². The van der Waals surface area contributed by atoms with Gasteiger partial charge in [0.1, 0.15) is 5.75 Å². The topological polar surface area (TPSA) is 26.3 Å². The quantitative estimate of drug-likeness (QED) is 0.0790. The van der Waals surface area contributed by atoms with Crippen molar-refractivity contribution in [1.29, 1.82) is 0 Å². The van der Waals surface area contributed by atoms with Crippen molar-refractivity contribution >= 4 is 80.6 Å². The Balaban J connectivity index is 1.04. The number of fused-ring (bicyclic) bond motifs is 2. The first kappa shape index (κ1) is 27.2. The van der Waals surface area contributed by atoms with Crippen molar-refractivity contribution in [1.82, 2.24) is 0 Å². The lowest BCUT2D eigenvalue weighted by molar-refractivity contribution is -0.134. The highest BCUT2D eigenvalue weighted by atomic mass is 33.7. The Morgan fingerprint density at radius 2 is 1.88 bits per heavy atom. The minimum Gasteiger partial charge on any atom is -0.427 e. The summed E-state index contributed by atoms with van der Waals surface area (Å²) in [6.07, 6.45) is 12.4. The smallest absolute Gasteiger partial charge is 0.310 e. The molecule has 3 saturated heterocycles. The van der Waals surface area contributed by atoms with Crippen LogP contribution in [-0.4, -0.2) is 38.0 Å². The molecule has 33 heavy (non-hydrogen) atoms. The SMILES string of the molecule is CCC(=O)Oc1cccc(CCCCCCCC2SC2CC2SSSSCC3CC2SS3)c1. The third-order valence-electron chi connectivity index (χ3n) is 6.24. The summed E-state index contributed by atoms with van der Waals surface area (Å²) in [6.45, 7) is 1.83. The lowest BCUT2D eigenvalue weighted by Gasteiger charge is -2.20. The molecule has 4 rings (SSSR count). The number of unbranched alkanes of at least 4 members (excludes halogenated alkanes) is 4. The fraction of sp³-hybridized carbons (Fsp3) is 0.708. The molecule has 2 nitrogen and oxygen atoms in total. The van der Waals surface area contributed by atoms with E-state index >= 15 is 0 Å². The van der Waals surface area contributed by atoms with Gasteiger partial charge in [-0.1, -0.05) is 87.9 Å². The van der Waals surface area contributed by atoms with Crippen molar-refractivity contribution < 1.29 is 9.53 Å². The molecule has 0 saturated carbocycles. The summed E-state index contributed by atoms with van der Waals surface area (Å²) >= 11 is 2.26. The monoisotopic (exact) mass is 578 g/mol. The van der Waals surface area contributed by atoms with Crippen LogP contribution < -0.4 is 4.74 Å². The van der Waals surface area contributed by atoms with Crippen LogP contribution in [0.15, 0.2) is 24.3 Å². The fourth-order valence-electron chi connectivity index (χ4n) is 4.28. The number of carbonyl (C=O) groups excluding carboxylic acids is 1. The predicted octanol–water partition coefficient (Wildman–Crippen LogP) is 9.34. The summed E-state index contributed by atoms with van der Waals surface area (Å²) in [5, 5.41) is 4.46. The minimum absolute atomic E-state index is 0.163. The molecule has 5 atom stereocenters. The molecular formula is C24H34O2S7. The highest BCUT2D eigenvalue weighted by Gasteiger charge is 2.43. The van der Waals surface area contributed by atoms with Crippen LogP contribution in [0.1, 0.15) is 70.3 Å². The van der Waals surface area contributed by atoms with Crippen LogP contribution in [0.2, 0.25) is 0 Å². The Labute approximate surface area is 227 Å². The van der Waals surface area contributed by atoms with Gasteiger partial charge in [-0.15, -0.1) is 0 Å². The number of rotatable bonds is 12. The molecule has 0 radical (unpaired) electrons. The van der Waals surface area contributed by atoms with Gasteiger partial charge in [-0.3, -0.25) is 4.79 Å². The summed E-state index contributed by atoms with van der Waals surface area (Å²) in [7, 11) is 12.6. The van der Waals surface area contributed by atoms with Crippen molar-refractivity contribution in [2.75, 3.05) is 5.75 Å². The third kappa shape index (κ3) is 9.51. The molecule has 5 unspecified atom stereocenters. The Bertz CT molecular complexity index is 749. The second-order valence-corrected chi connectivity index (χ2v) is 19.4. The van der Waals surface area contributed by atoms with E-state index in [2.05, 4.69) is 61.0 Å². The lowest BCUT2D eigenvalue weighted by atomic mass is 10.0. The van der Waals surface area contributed by atoms with E-state index in [-0.39, 0.29) is 5.97 Å². The first-order valence-electron chi connectivity index (χ1n) is 12.1. The van der Waals surface area contributed by atoms with Gasteiger partial charge in [-0.25, -0.2) is 0 Å². The van der Waals surface area contributed by atoms with E-state index in [1.165, 1.54) is 62.7 Å². The second kappa shape index (κ2) is 14.8. The molecule has 0 aliphatic carbocycles. The molecule has 0 aromatic heterocycles. The first-order chi connectivity index (χ1) is 16.2. The van der Waals surface area contributed by atoms with Crippen LogP contribution in [0, 0.1) is 0 Å². The van der Waals surface area contributed by atoms with Crippen molar-refractivity contribution in [3.63, 3.8) is 0 Å².